The molecule has 16 heavy (non-hydrogen) atoms. The van der Waals surface area contributed by atoms with Gasteiger partial charge in [0.1, 0.15) is 0 Å². The molecule has 4 N–H and O–H groups in total. The fourth-order valence-electron chi connectivity index (χ4n) is 1.52. The number of aromatic nitrogens is 1. The number of hydrazine groups is 1. The molecule has 1 aromatic heterocycles. The average Bonchev–Trinajstić information content (AvgIpc) is 2.32. The zero-order valence-corrected chi connectivity index (χ0v) is 9.03. The third-order valence-corrected chi connectivity index (χ3v) is 2.45. The van der Waals surface area contributed by atoms with Gasteiger partial charge >= 0.3 is 6.03 Å². The van der Waals surface area contributed by atoms with Gasteiger partial charge in [0, 0.05) is 18.9 Å². The average molecular weight is 221 g/mol. The summed E-state index contributed by atoms with van der Waals surface area (Å²) in [6.07, 6.45) is 3.45. The molecule has 0 saturated carbocycles. The summed E-state index contributed by atoms with van der Waals surface area (Å²) in [5.74, 6) is 0. The number of carbonyl (C=O) groups excluding carboxylic acids is 1. The molecule has 1 aliphatic heterocycles. The molecule has 1 aliphatic rings. The van der Waals surface area contributed by atoms with Crippen LogP contribution in [0.4, 0.5) is 4.79 Å². The Balaban J connectivity index is 1.87. The molecule has 2 rings (SSSR count). The first kappa shape index (κ1) is 10.8. The van der Waals surface area contributed by atoms with Crippen molar-refractivity contribution in [3.8, 4) is 0 Å². The molecular weight excluding hydrogens is 206 g/mol. The Bertz CT molecular complexity index is 355. The minimum absolute atomic E-state index is 0.0889. The van der Waals surface area contributed by atoms with Gasteiger partial charge in [-0.1, -0.05) is 6.07 Å². The number of urea groups is 1. The molecule has 0 aromatic carbocycles. The highest BCUT2D eigenvalue weighted by Gasteiger charge is 2.23. The first-order valence-electron chi connectivity index (χ1n) is 5.20. The molecule has 2 heterocycles. The Morgan fingerprint density at radius 1 is 1.56 bits per heavy atom. The first-order chi connectivity index (χ1) is 7.75. The maximum Gasteiger partial charge on any atom is 0.330 e. The number of carbonyl (C=O) groups is 1. The lowest BCUT2D eigenvalue weighted by molar-refractivity contribution is 0.200. The van der Waals surface area contributed by atoms with Gasteiger partial charge in [-0.15, -0.1) is 0 Å². The number of hydrogen-bond acceptors (Lipinski definition) is 4. The summed E-state index contributed by atoms with van der Waals surface area (Å²) in [6, 6.07) is 3.77. The van der Waals surface area contributed by atoms with Gasteiger partial charge in [-0.2, -0.15) is 0 Å². The second kappa shape index (κ2) is 4.91. The number of hydrogen-bond donors (Lipinski definition) is 4. The van der Waals surface area contributed by atoms with Gasteiger partial charge in [-0.3, -0.25) is 15.7 Å². The zero-order valence-electron chi connectivity index (χ0n) is 9.03. The third-order valence-electron chi connectivity index (χ3n) is 2.45. The van der Waals surface area contributed by atoms with Crippen molar-refractivity contribution in [3.63, 3.8) is 0 Å². The van der Waals surface area contributed by atoms with Crippen LogP contribution in [0, 0.1) is 0 Å². The fourth-order valence-corrected chi connectivity index (χ4v) is 1.52. The van der Waals surface area contributed by atoms with E-state index in [4.69, 9.17) is 0 Å². The number of pyridine rings is 1. The molecule has 1 fully saturated rings. The van der Waals surface area contributed by atoms with E-state index in [2.05, 4.69) is 26.5 Å². The number of amides is 2. The Morgan fingerprint density at radius 3 is 3.19 bits per heavy atom. The number of rotatable bonds is 3. The summed E-state index contributed by atoms with van der Waals surface area (Å²) >= 11 is 0. The predicted molar refractivity (Wildman–Crippen MR) is 59.1 cm³/mol. The van der Waals surface area contributed by atoms with E-state index in [1.807, 2.05) is 19.1 Å². The molecule has 1 aromatic rings. The zero-order chi connectivity index (χ0) is 11.4. The highest BCUT2D eigenvalue weighted by atomic mass is 16.2. The van der Waals surface area contributed by atoms with E-state index in [-0.39, 0.29) is 18.2 Å². The van der Waals surface area contributed by atoms with E-state index in [9.17, 15) is 4.79 Å². The van der Waals surface area contributed by atoms with Gasteiger partial charge in [-0.05, 0) is 18.6 Å². The van der Waals surface area contributed by atoms with Crippen molar-refractivity contribution < 1.29 is 4.79 Å². The molecule has 1 saturated heterocycles. The Labute approximate surface area is 93.8 Å². The van der Waals surface area contributed by atoms with Gasteiger partial charge in [0.15, 0.2) is 0 Å². The van der Waals surface area contributed by atoms with Crippen molar-refractivity contribution >= 4 is 6.03 Å². The van der Waals surface area contributed by atoms with Crippen molar-refractivity contribution in [3.05, 3.63) is 30.1 Å². The molecule has 2 unspecified atom stereocenters. The van der Waals surface area contributed by atoms with Gasteiger partial charge in [0.2, 0.25) is 0 Å². The monoisotopic (exact) mass is 221 g/mol. The summed E-state index contributed by atoms with van der Waals surface area (Å²) in [4.78, 5) is 15.1. The summed E-state index contributed by atoms with van der Waals surface area (Å²) in [7, 11) is 0. The summed E-state index contributed by atoms with van der Waals surface area (Å²) in [5, 5.41) is 6.04. The van der Waals surface area contributed by atoms with Crippen LogP contribution < -0.4 is 21.5 Å². The Hall–Kier alpha value is -1.66. The quantitative estimate of drug-likeness (QED) is 0.565. The summed E-state index contributed by atoms with van der Waals surface area (Å²) < 4.78 is 0. The largest absolute Gasteiger partial charge is 0.330 e. The van der Waals surface area contributed by atoms with E-state index in [1.54, 1.807) is 12.4 Å². The number of nitrogens with one attached hydrogen (secondary N) is 4. The SMILES string of the molecule is CC1NNC(=O)NC1NCc1cccnc1. The third kappa shape index (κ3) is 2.68. The van der Waals surface area contributed by atoms with E-state index >= 15 is 0 Å². The smallest absolute Gasteiger partial charge is 0.320 e. The standard InChI is InChI=1S/C10H15N5O/c1-7-9(13-10(16)15-14-7)12-6-8-3-2-4-11-5-8/h2-5,7,9,12,14H,6H2,1H3,(H2,13,15,16). The maximum absolute atomic E-state index is 11.1. The van der Waals surface area contributed by atoms with Gasteiger partial charge < -0.3 is 5.32 Å². The maximum atomic E-state index is 11.1. The van der Waals surface area contributed by atoms with Crippen molar-refractivity contribution in [2.75, 3.05) is 0 Å². The van der Waals surface area contributed by atoms with Crippen LogP contribution in [-0.4, -0.2) is 23.2 Å². The van der Waals surface area contributed by atoms with Crippen molar-refractivity contribution in [1.29, 1.82) is 0 Å². The van der Waals surface area contributed by atoms with Crippen LogP contribution >= 0.6 is 0 Å². The van der Waals surface area contributed by atoms with Crippen LogP contribution in [0.2, 0.25) is 0 Å². The molecule has 0 radical (unpaired) electrons. The minimum Gasteiger partial charge on any atom is -0.320 e. The fraction of sp³-hybridized carbons (Fsp3) is 0.400. The molecule has 0 spiro atoms. The predicted octanol–water partition coefficient (Wildman–Crippen LogP) is -0.297. The van der Waals surface area contributed by atoms with E-state index < -0.39 is 0 Å². The molecule has 0 bridgehead atoms. The second-order valence-corrected chi connectivity index (χ2v) is 3.75. The van der Waals surface area contributed by atoms with Gasteiger partial charge in [0.05, 0.1) is 12.2 Å². The minimum atomic E-state index is -0.221. The molecule has 2 amide bonds. The van der Waals surface area contributed by atoms with Crippen molar-refractivity contribution in [2.45, 2.75) is 25.7 Å². The molecule has 6 nitrogen and oxygen atoms in total. The van der Waals surface area contributed by atoms with Crippen LogP contribution in [-0.2, 0) is 6.54 Å². The van der Waals surface area contributed by atoms with Gasteiger partial charge in [-0.25, -0.2) is 10.2 Å². The summed E-state index contributed by atoms with van der Waals surface area (Å²) in [5.41, 5.74) is 6.47. The lowest BCUT2D eigenvalue weighted by Crippen LogP contribution is -2.67. The second-order valence-electron chi connectivity index (χ2n) is 3.75. The Morgan fingerprint density at radius 2 is 2.44 bits per heavy atom. The normalized spacial score (nSPS) is 24.7. The van der Waals surface area contributed by atoms with Crippen LogP contribution in [0.3, 0.4) is 0 Å². The van der Waals surface area contributed by atoms with Crippen LogP contribution in [0.5, 0.6) is 0 Å². The lowest BCUT2D eigenvalue weighted by Gasteiger charge is -2.31. The first-order valence-corrected chi connectivity index (χ1v) is 5.20. The van der Waals surface area contributed by atoms with Crippen molar-refractivity contribution in [2.24, 2.45) is 0 Å². The molecule has 0 aliphatic carbocycles. The van der Waals surface area contributed by atoms with E-state index in [1.165, 1.54) is 0 Å². The van der Waals surface area contributed by atoms with E-state index in [0.717, 1.165) is 5.56 Å². The highest BCUT2D eigenvalue weighted by Crippen LogP contribution is 1.98. The molecule has 6 heteroatoms. The highest BCUT2D eigenvalue weighted by molar-refractivity contribution is 5.74. The van der Waals surface area contributed by atoms with E-state index in [0.29, 0.717) is 6.54 Å². The van der Waals surface area contributed by atoms with Crippen molar-refractivity contribution in [1.82, 2.24) is 26.5 Å². The number of nitrogens with zero attached hydrogens (tertiary/aromatic N) is 1. The Kier molecular flexibility index (Phi) is 3.33. The van der Waals surface area contributed by atoms with Gasteiger partial charge in [0.25, 0.3) is 0 Å². The van der Waals surface area contributed by atoms with Crippen LogP contribution in [0.25, 0.3) is 0 Å². The molecule has 2 atom stereocenters. The van der Waals surface area contributed by atoms with Crippen LogP contribution in [0.15, 0.2) is 24.5 Å². The molecule has 86 valence electrons. The topological polar surface area (TPSA) is 78.1 Å². The lowest BCUT2D eigenvalue weighted by atomic mass is 10.2. The summed E-state index contributed by atoms with van der Waals surface area (Å²) in [6.45, 7) is 2.65. The molecular formula is C10H15N5O. The van der Waals surface area contributed by atoms with Crippen LogP contribution in [0.1, 0.15) is 12.5 Å².